The number of ether oxygens (including phenoxy) is 1. The Morgan fingerprint density at radius 3 is 2.55 bits per heavy atom. The Balaban J connectivity index is 2.66. The maximum absolute atomic E-state index is 12.5. The van der Waals surface area contributed by atoms with E-state index in [9.17, 15) is 14.6 Å². The van der Waals surface area contributed by atoms with E-state index >= 15 is 0 Å². The zero-order valence-electron chi connectivity index (χ0n) is 11.9. The van der Waals surface area contributed by atoms with Crippen LogP contribution < -0.4 is 0 Å². The van der Waals surface area contributed by atoms with Gasteiger partial charge >= 0.3 is 13.6 Å². The van der Waals surface area contributed by atoms with Crippen LogP contribution in [0, 0.1) is 5.21 Å². The van der Waals surface area contributed by atoms with Crippen molar-refractivity contribution >= 4 is 19.3 Å². The van der Waals surface area contributed by atoms with Crippen LogP contribution in [0.3, 0.4) is 0 Å². The lowest BCUT2D eigenvalue weighted by Crippen LogP contribution is -2.14. The topological polar surface area (TPSA) is 97.1 Å². The van der Waals surface area contributed by atoms with Gasteiger partial charge in [0.2, 0.25) is 5.71 Å². The molecule has 9 heteroatoms. The number of nitrogens with zero attached hydrogens (tertiary/aromatic N) is 1. The second-order valence-corrected chi connectivity index (χ2v) is 6.21. The summed E-state index contributed by atoms with van der Waals surface area (Å²) in [6.07, 6.45) is 0.358. The number of hydrogen-bond acceptors (Lipinski definition) is 7. The third kappa shape index (κ3) is 4.19. The van der Waals surface area contributed by atoms with Gasteiger partial charge in [0.25, 0.3) is 0 Å². The molecule has 0 amide bonds. The van der Waals surface area contributed by atoms with E-state index in [1.165, 1.54) is 7.11 Å². The smallest absolute Gasteiger partial charge is 0.350 e. The maximum Gasteiger partial charge on any atom is 0.350 e. The van der Waals surface area contributed by atoms with Gasteiger partial charge in [-0.1, -0.05) is 0 Å². The first-order chi connectivity index (χ1) is 9.46. The van der Waals surface area contributed by atoms with Gasteiger partial charge in [0, 0.05) is 11.3 Å². The van der Waals surface area contributed by atoms with E-state index in [2.05, 4.69) is 4.74 Å². The van der Waals surface area contributed by atoms with E-state index in [1.807, 2.05) is 0 Å². The van der Waals surface area contributed by atoms with Gasteiger partial charge in [0.1, 0.15) is 0 Å². The van der Waals surface area contributed by atoms with E-state index in [1.54, 1.807) is 13.8 Å². The number of esters is 1. The molecule has 8 nitrogen and oxygen atoms in total. The highest BCUT2D eigenvalue weighted by molar-refractivity contribution is 7.54. The van der Waals surface area contributed by atoms with E-state index in [4.69, 9.17) is 13.9 Å². The molecule has 1 aliphatic heterocycles. The van der Waals surface area contributed by atoms with Crippen molar-refractivity contribution in [2.24, 2.45) is 0 Å². The van der Waals surface area contributed by atoms with Crippen LogP contribution in [0.1, 0.15) is 33.1 Å². The van der Waals surface area contributed by atoms with Gasteiger partial charge in [0.15, 0.2) is 5.85 Å². The predicted molar refractivity (Wildman–Crippen MR) is 70.2 cm³/mol. The first kappa shape index (κ1) is 16.9. The van der Waals surface area contributed by atoms with E-state index in [-0.39, 0.29) is 37.4 Å². The molecular weight excluding hydrogens is 289 g/mol. The normalized spacial score (nSPS) is 19.1. The molecule has 0 radical (unpaired) electrons. The van der Waals surface area contributed by atoms with E-state index < -0.39 is 19.4 Å². The summed E-state index contributed by atoms with van der Waals surface area (Å²) in [4.78, 5) is 16.3. The Kier molecular flexibility index (Phi) is 6.45. The quantitative estimate of drug-likeness (QED) is 0.383. The van der Waals surface area contributed by atoms with Crippen LogP contribution in [-0.4, -0.2) is 42.8 Å². The first-order valence-corrected chi connectivity index (χ1v) is 8.02. The monoisotopic (exact) mass is 309 g/mol. The molecule has 20 heavy (non-hydrogen) atoms. The first-order valence-electron chi connectivity index (χ1n) is 6.41. The minimum Gasteiger partial charge on any atom is -0.469 e. The molecule has 0 N–H and O–H groups in total. The Bertz CT molecular complexity index is 413. The number of carbonyl (C=O) groups is 1. The molecule has 116 valence electrons. The fraction of sp³-hybridized carbons (Fsp3) is 0.818. The largest absolute Gasteiger partial charge is 0.469 e. The minimum absolute atomic E-state index is 0.0637. The van der Waals surface area contributed by atoms with Gasteiger partial charge in [-0.3, -0.25) is 14.6 Å². The Hall–Kier alpha value is -1.11. The zero-order chi connectivity index (χ0) is 15.2. The molecule has 1 rings (SSSR count). The fourth-order valence-electron chi connectivity index (χ4n) is 1.77. The van der Waals surface area contributed by atoms with Gasteiger partial charge in [-0.15, -0.1) is 0 Å². The fourth-order valence-corrected chi connectivity index (χ4v) is 3.54. The molecule has 0 aromatic heterocycles. The van der Waals surface area contributed by atoms with Crippen molar-refractivity contribution < 1.29 is 32.9 Å². The van der Waals surface area contributed by atoms with Crippen molar-refractivity contribution in [3.63, 3.8) is 0 Å². The molecule has 0 spiro atoms. The second kappa shape index (κ2) is 7.61. The van der Waals surface area contributed by atoms with Crippen LogP contribution in [-0.2, 0) is 28.0 Å². The van der Waals surface area contributed by atoms with E-state index in [0.717, 1.165) is 0 Å². The molecule has 0 unspecified atom stereocenters. The molecule has 0 saturated heterocycles. The highest BCUT2D eigenvalue weighted by Gasteiger charge is 2.43. The second-order valence-electron chi connectivity index (χ2n) is 4.04. The van der Waals surface area contributed by atoms with Crippen molar-refractivity contribution in [3.8, 4) is 0 Å². The SMILES string of the molecule is CCOP(=O)(OCC)[C@H]1CC(CCC(=O)OC)=[N+]([O-])O1. The summed E-state index contributed by atoms with van der Waals surface area (Å²) in [5.74, 6) is -1.39. The average molecular weight is 309 g/mol. The van der Waals surface area contributed by atoms with Gasteiger partial charge < -0.3 is 18.6 Å². The molecule has 0 saturated carbocycles. The maximum atomic E-state index is 12.5. The lowest BCUT2D eigenvalue weighted by Gasteiger charge is -2.22. The van der Waals surface area contributed by atoms with Crippen molar-refractivity contribution in [3.05, 3.63) is 5.21 Å². The summed E-state index contributed by atoms with van der Waals surface area (Å²) >= 11 is 0. The Morgan fingerprint density at radius 1 is 1.45 bits per heavy atom. The predicted octanol–water partition coefficient (Wildman–Crippen LogP) is 1.82. The van der Waals surface area contributed by atoms with Crippen LogP contribution in [0.4, 0.5) is 0 Å². The van der Waals surface area contributed by atoms with Crippen molar-refractivity contribution in [1.29, 1.82) is 0 Å². The third-order valence-electron chi connectivity index (χ3n) is 2.70. The molecular formula is C11H20NO7P. The number of methoxy groups -OCH3 is 1. The summed E-state index contributed by atoms with van der Waals surface area (Å²) in [6, 6.07) is 0. The van der Waals surface area contributed by atoms with Crippen LogP contribution >= 0.6 is 7.60 Å². The highest BCUT2D eigenvalue weighted by atomic mass is 31.2. The molecule has 0 aromatic rings. The van der Waals surface area contributed by atoms with Crippen LogP contribution in [0.25, 0.3) is 0 Å². The lowest BCUT2D eigenvalue weighted by molar-refractivity contribution is -0.736. The molecule has 1 atom stereocenters. The van der Waals surface area contributed by atoms with Gasteiger partial charge in [0.05, 0.1) is 33.2 Å². The summed E-state index contributed by atoms with van der Waals surface area (Å²) in [6.45, 7) is 3.73. The number of carbonyl (C=O) groups excluding carboxylic acids is 1. The lowest BCUT2D eigenvalue weighted by atomic mass is 10.2. The standard InChI is InChI=1S/C11H20NO7P/c1-4-17-20(15,18-5-2)11-8-9(12(14)19-11)6-7-10(13)16-3/h11H,4-8H2,1-3H3/t11-/m0/s1. The number of rotatable bonds is 8. The molecule has 0 aliphatic carbocycles. The van der Waals surface area contributed by atoms with Crippen LogP contribution in [0.15, 0.2) is 0 Å². The Labute approximate surface area is 117 Å². The van der Waals surface area contributed by atoms with Crippen LogP contribution in [0.5, 0.6) is 0 Å². The van der Waals surface area contributed by atoms with Gasteiger partial charge in [-0.05, 0) is 13.8 Å². The van der Waals surface area contributed by atoms with Crippen molar-refractivity contribution in [2.45, 2.75) is 39.0 Å². The zero-order valence-corrected chi connectivity index (χ0v) is 12.8. The molecule has 0 bridgehead atoms. The minimum atomic E-state index is -3.50. The van der Waals surface area contributed by atoms with Crippen molar-refractivity contribution in [2.75, 3.05) is 20.3 Å². The van der Waals surface area contributed by atoms with Crippen molar-refractivity contribution in [1.82, 2.24) is 0 Å². The summed E-state index contributed by atoms with van der Waals surface area (Å²) < 4.78 is 27.2. The Morgan fingerprint density at radius 2 is 2.05 bits per heavy atom. The van der Waals surface area contributed by atoms with Gasteiger partial charge in [-0.25, -0.2) is 0 Å². The average Bonchev–Trinajstić information content (AvgIpc) is 2.78. The van der Waals surface area contributed by atoms with E-state index in [0.29, 0.717) is 5.71 Å². The van der Waals surface area contributed by atoms with Crippen LogP contribution in [0.2, 0.25) is 0 Å². The molecule has 1 aliphatic rings. The summed E-state index contributed by atoms with van der Waals surface area (Å²) in [7, 11) is -2.22. The summed E-state index contributed by atoms with van der Waals surface area (Å²) in [5, 5.41) is 11.6. The van der Waals surface area contributed by atoms with Gasteiger partial charge in [-0.2, -0.15) is 0 Å². The highest BCUT2D eigenvalue weighted by Crippen LogP contribution is 2.55. The molecule has 0 aromatic carbocycles. The molecule has 1 heterocycles. The number of hydrogen-bond donors (Lipinski definition) is 0. The third-order valence-corrected chi connectivity index (χ3v) is 4.92. The summed E-state index contributed by atoms with van der Waals surface area (Å²) in [5.41, 5.74) is 0.319. The molecule has 0 fully saturated rings.